The Morgan fingerprint density at radius 3 is 2.63 bits per heavy atom. The second kappa shape index (κ2) is 6.26. The summed E-state index contributed by atoms with van der Waals surface area (Å²) < 4.78 is 0. The van der Waals surface area contributed by atoms with Crippen molar-refractivity contribution in [2.24, 2.45) is 0 Å². The van der Waals surface area contributed by atoms with E-state index in [2.05, 4.69) is 10.2 Å². The fraction of sp³-hybridized carbons (Fsp3) is 0.154. The summed E-state index contributed by atoms with van der Waals surface area (Å²) in [6.07, 6.45) is 0. The molecule has 0 atom stereocenters. The first-order valence-corrected chi connectivity index (χ1v) is 5.74. The summed E-state index contributed by atoms with van der Waals surface area (Å²) in [4.78, 5) is 16.2. The number of hydrogen-bond acceptors (Lipinski definition) is 5. The van der Waals surface area contributed by atoms with Gasteiger partial charge in [0.05, 0.1) is 12.0 Å². The number of fused-ring (bicyclic) bond motifs is 1. The molecular formula is C13H14N2O4. The minimum Gasteiger partial charge on any atom is -0.350 e. The number of benzene rings is 2. The molecule has 6 heteroatoms. The first-order valence-electron chi connectivity index (χ1n) is 5.74. The maximum absolute atomic E-state index is 11.8. The molecule has 0 heterocycles. The molecule has 2 aromatic carbocycles. The van der Waals surface area contributed by atoms with Crippen molar-refractivity contribution in [3.63, 3.8) is 0 Å². The molecule has 0 spiro atoms. The lowest BCUT2D eigenvalue weighted by atomic mass is 10.1. The molecule has 0 radical (unpaired) electrons. The molecule has 0 saturated carbocycles. The summed E-state index contributed by atoms with van der Waals surface area (Å²) in [5.41, 5.74) is 0.545. The van der Waals surface area contributed by atoms with E-state index in [1.54, 1.807) is 12.1 Å². The first kappa shape index (κ1) is 13.4. The van der Waals surface area contributed by atoms with E-state index in [1.165, 1.54) is 0 Å². The fourth-order valence-corrected chi connectivity index (χ4v) is 1.72. The summed E-state index contributed by atoms with van der Waals surface area (Å²) in [6.45, 7) is 0.135. The standard InChI is InChI=1S/C13H14N2O4/c16-13(14-7-8-19-15(17)18)12-6-5-10-3-1-2-4-11(10)9-12/h1-6,9,17-18H,7-8H2,(H,14,16). The lowest BCUT2D eigenvalue weighted by Crippen LogP contribution is -2.29. The molecule has 0 bridgehead atoms. The number of nitrogens with one attached hydrogen (secondary N) is 1. The average Bonchev–Trinajstić information content (AvgIpc) is 2.42. The molecule has 0 unspecified atom stereocenters. The Morgan fingerprint density at radius 2 is 1.89 bits per heavy atom. The average molecular weight is 262 g/mol. The van der Waals surface area contributed by atoms with Crippen LogP contribution in [0, 0.1) is 0 Å². The van der Waals surface area contributed by atoms with Gasteiger partial charge in [-0.05, 0) is 22.9 Å². The van der Waals surface area contributed by atoms with Crippen LogP contribution in [0.25, 0.3) is 10.8 Å². The minimum absolute atomic E-state index is 0.0354. The highest BCUT2D eigenvalue weighted by atomic mass is 17.1. The highest BCUT2D eigenvalue weighted by Gasteiger charge is 2.05. The van der Waals surface area contributed by atoms with E-state index in [9.17, 15) is 4.79 Å². The normalized spacial score (nSPS) is 10.9. The summed E-state index contributed by atoms with van der Waals surface area (Å²) >= 11 is 0. The first-order chi connectivity index (χ1) is 9.16. The largest absolute Gasteiger partial charge is 0.350 e. The molecule has 0 fully saturated rings. The summed E-state index contributed by atoms with van der Waals surface area (Å²) in [5, 5.41) is 20.9. The third-order valence-electron chi connectivity index (χ3n) is 2.61. The third-order valence-corrected chi connectivity index (χ3v) is 2.61. The Bertz CT molecular complexity index is 571. The molecule has 19 heavy (non-hydrogen) atoms. The van der Waals surface area contributed by atoms with Crippen molar-refractivity contribution >= 4 is 16.7 Å². The van der Waals surface area contributed by atoms with Gasteiger partial charge in [0.1, 0.15) is 0 Å². The number of carbonyl (C=O) groups excluding carboxylic acids is 1. The van der Waals surface area contributed by atoms with E-state index in [4.69, 9.17) is 10.4 Å². The number of rotatable bonds is 5. The van der Waals surface area contributed by atoms with Gasteiger partial charge in [-0.1, -0.05) is 30.3 Å². The lowest BCUT2D eigenvalue weighted by molar-refractivity contribution is -0.491. The Morgan fingerprint density at radius 1 is 1.16 bits per heavy atom. The van der Waals surface area contributed by atoms with Crippen LogP contribution in [0.4, 0.5) is 0 Å². The second-order valence-electron chi connectivity index (χ2n) is 3.90. The number of amides is 1. The van der Waals surface area contributed by atoms with Gasteiger partial charge in [0.15, 0.2) is 0 Å². The Hall–Kier alpha value is -1.99. The van der Waals surface area contributed by atoms with Gasteiger partial charge in [0.2, 0.25) is 0 Å². The van der Waals surface area contributed by atoms with Gasteiger partial charge in [-0.25, -0.2) is 4.84 Å². The second-order valence-corrected chi connectivity index (χ2v) is 3.90. The van der Waals surface area contributed by atoms with E-state index in [0.717, 1.165) is 10.8 Å². The fourth-order valence-electron chi connectivity index (χ4n) is 1.72. The minimum atomic E-state index is -0.387. The highest BCUT2D eigenvalue weighted by molar-refractivity contribution is 5.98. The van der Waals surface area contributed by atoms with Gasteiger partial charge in [0, 0.05) is 12.1 Å². The van der Waals surface area contributed by atoms with E-state index >= 15 is 0 Å². The molecule has 2 aromatic rings. The van der Waals surface area contributed by atoms with Crippen molar-refractivity contribution in [1.29, 1.82) is 0 Å². The molecule has 100 valence electrons. The molecule has 0 aliphatic rings. The van der Waals surface area contributed by atoms with E-state index in [-0.39, 0.29) is 24.4 Å². The van der Waals surface area contributed by atoms with E-state index in [0.29, 0.717) is 5.56 Å². The van der Waals surface area contributed by atoms with Crippen LogP contribution in [0.1, 0.15) is 10.4 Å². The molecular weight excluding hydrogens is 248 g/mol. The highest BCUT2D eigenvalue weighted by Crippen LogP contribution is 2.15. The van der Waals surface area contributed by atoms with Gasteiger partial charge in [-0.2, -0.15) is 0 Å². The summed E-state index contributed by atoms with van der Waals surface area (Å²) in [6, 6.07) is 13.2. The van der Waals surface area contributed by atoms with Crippen LogP contribution in [-0.2, 0) is 4.84 Å². The van der Waals surface area contributed by atoms with Gasteiger partial charge < -0.3 is 5.32 Å². The molecule has 0 aliphatic heterocycles. The summed E-state index contributed by atoms with van der Waals surface area (Å²) in [5.74, 6) is -0.239. The van der Waals surface area contributed by atoms with Crippen LogP contribution in [-0.4, -0.2) is 34.9 Å². The lowest BCUT2D eigenvalue weighted by Gasteiger charge is -2.08. The molecule has 6 nitrogen and oxygen atoms in total. The van der Waals surface area contributed by atoms with Gasteiger partial charge in [-0.3, -0.25) is 15.2 Å². The zero-order chi connectivity index (χ0) is 13.7. The van der Waals surface area contributed by atoms with Crippen LogP contribution in [0.3, 0.4) is 0 Å². The molecule has 3 N–H and O–H groups in total. The van der Waals surface area contributed by atoms with Crippen LogP contribution in [0.5, 0.6) is 0 Å². The smallest absolute Gasteiger partial charge is 0.251 e. The van der Waals surface area contributed by atoms with Crippen LogP contribution in [0.2, 0.25) is 0 Å². The van der Waals surface area contributed by atoms with Crippen molar-refractivity contribution in [3.8, 4) is 0 Å². The predicted molar refractivity (Wildman–Crippen MR) is 67.6 cm³/mol. The number of nitrogens with zero attached hydrogens (tertiary/aromatic N) is 1. The monoisotopic (exact) mass is 262 g/mol. The number of carbonyl (C=O) groups is 1. The van der Waals surface area contributed by atoms with Crippen LogP contribution < -0.4 is 5.32 Å². The van der Waals surface area contributed by atoms with E-state index in [1.807, 2.05) is 30.3 Å². The summed E-state index contributed by atoms with van der Waals surface area (Å²) in [7, 11) is 0. The third kappa shape index (κ3) is 3.73. The topological polar surface area (TPSA) is 82.0 Å². The maximum atomic E-state index is 11.8. The Balaban J connectivity index is 1.97. The zero-order valence-electron chi connectivity index (χ0n) is 10.1. The van der Waals surface area contributed by atoms with Crippen molar-refractivity contribution in [2.75, 3.05) is 13.2 Å². The van der Waals surface area contributed by atoms with Gasteiger partial charge in [0.25, 0.3) is 5.91 Å². The van der Waals surface area contributed by atoms with Gasteiger partial charge >= 0.3 is 0 Å². The molecule has 0 saturated heterocycles. The molecule has 0 aliphatic carbocycles. The van der Waals surface area contributed by atoms with E-state index < -0.39 is 0 Å². The Labute approximate surface area is 109 Å². The van der Waals surface area contributed by atoms with Crippen LogP contribution >= 0.6 is 0 Å². The van der Waals surface area contributed by atoms with Gasteiger partial charge in [-0.15, -0.1) is 0 Å². The quantitative estimate of drug-likeness (QED) is 0.563. The number of hydrogen-bond donors (Lipinski definition) is 3. The van der Waals surface area contributed by atoms with Crippen molar-refractivity contribution in [1.82, 2.24) is 10.7 Å². The molecule has 0 aromatic heterocycles. The zero-order valence-corrected chi connectivity index (χ0v) is 10.1. The predicted octanol–water partition coefficient (Wildman–Crippen LogP) is 1.58. The van der Waals surface area contributed by atoms with Crippen molar-refractivity contribution in [3.05, 3.63) is 48.0 Å². The molecule has 2 rings (SSSR count). The van der Waals surface area contributed by atoms with Crippen molar-refractivity contribution < 1.29 is 20.0 Å². The van der Waals surface area contributed by atoms with Crippen molar-refractivity contribution in [2.45, 2.75) is 0 Å². The maximum Gasteiger partial charge on any atom is 0.251 e. The Kier molecular flexibility index (Phi) is 4.43. The molecule has 1 amide bonds. The SMILES string of the molecule is O=C(NCCON(O)O)c1ccc2ccccc2c1. The van der Waals surface area contributed by atoms with Crippen LogP contribution in [0.15, 0.2) is 42.5 Å².